The number of sulfone groups is 1. The number of hydrogen-bond acceptors (Lipinski definition) is 4. The fourth-order valence-electron chi connectivity index (χ4n) is 4.18. The zero-order valence-electron chi connectivity index (χ0n) is 15.0. The Bertz CT molecular complexity index is 857. The standard InChI is InChI=1S/C21H26N2O2S/c24-26(25,19-6-2-1-3-7-19)16-17-10-13-23(14-11-17)21-8-4-5-18-15-22-12-9-20(18)21/h1-8,17,22H,9-16H2. The zero-order valence-corrected chi connectivity index (χ0v) is 15.8. The van der Waals surface area contributed by atoms with E-state index in [1.54, 1.807) is 24.3 Å². The van der Waals surface area contributed by atoms with Gasteiger partial charge in [-0.3, -0.25) is 0 Å². The molecular formula is C21H26N2O2S. The third kappa shape index (κ3) is 3.64. The molecule has 0 amide bonds. The van der Waals surface area contributed by atoms with Gasteiger partial charge in [-0.25, -0.2) is 8.42 Å². The van der Waals surface area contributed by atoms with Gasteiger partial charge in [-0.15, -0.1) is 0 Å². The van der Waals surface area contributed by atoms with Gasteiger partial charge in [-0.1, -0.05) is 30.3 Å². The second-order valence-electron chi connectivity index (χ2n) is 7.37. The first kappa shape index (κ1) is 17.6. The second kappa shape index (κ2) is 7.41. The Morgan fingerprint density at radius 3 is 2.54 bits per heavy atom. The summed E-state index contributed by atoms with van der Waals surface area (Å²) in [4.78, 5) is 2.91. The minimum Gasteiger partial charge on any atom is -0.371 e. The predicted octanol–water partition coefficient (Wildman–Crippen LogP) is 3.02. The van der Waals surface area contributed by atoms with Gasteiger partial charge in [-0.2, -0.15) is 0 Å². The Hall–Kier alpha value is -1.85. The number of anilines is 1. The third-order valence-corrected chi connectivity index (χ3v) is 7.53. The van der Waals surface area contributed by atoms with Crippen molar-refractivity contribution in [3.63, 3.8) is 0 Å². The summed E-state index contributed by atoms with van der Waals surface area (Å²) >= 11 is 0. The first-order chi connectivity index (χ1) is 12.6. The van der Waals surface area contributed by atoms with Gasteiger partial charge in [0.15, 0.2) is 9.84 Å². The molecule has 2 aromatic rings. The lowest BCUT2D eigenvalue weighted by Gasteiger charge is -2.36. The maximum absolute atomic E-state index is 12.6. The van der Waals surface area contributed by atoms with Crippen molar-refractivity contribution in [1.29, 1.82) is 0 Å². The largest absolute Gasteiger partial charge is 0.371 e. The maximum atomic E-state index is 12.6. The Morgan fingerprint density at radius 1 is 1.00 bits per heavy atom. The Kier molecular flexibility index (Phi) is 5.00. The molecule has 5 heteroatoms. The van der Waals surface area contributed by atoms with Gasteiger partial charge in [0.05, 0.1) is 10.6 Å². The molecule has 0 unspecified atom stereocenters. The Balaban J connectivity index is 1.42. The van der Waals surface area contributed by atoms with Crippen LogP contribution < -0.4 is 10.2 Å². The highest BCUT2D eigenvalue weighted by molar-refractivity contribution is 7.91. The van der Waals surface area contributed by atoms with E-state index in [4.69, 9.17) is 0 Å². The van der Waals surface area contributed by atoms with Crippen LogP contribution in [0, 0.1) is 5.92 Å². The van der Waals surface area contributed by atoms with E-state index in [9.17, 15) is 8.42 Å². The van der Waals surface area contributed by atoms with Gasteiger partial charge in [0.1, 0.15) is 0 Å². The van der Waals surface area contributed by atoms with Crippen LogP contribution in [0.25, 0.3) is 0 Å². The van der Waals surface area contributed by atoms with Gasteiger partial charge < -0.3 is 10.2 Å². The summed E-state index contributed by atoms with van der Waals surface area (Å²) in [5.41, 5.74) is 4.23. The van der Waals surface area contributed by atoms with Crippen LogP contribution in [0.15, 0.2) is 53.4 Å². The van der Waals surface area contributed by atoms with Crippen molar-refractivity contribution in [3.8, 4) is 0 Å². The smallest absolute Gasteiger partial charge is 0.178 e. The Labute approximate surface area is 156 Å². The summed E-state index contributed by atoms with van der Waals surface area (Å²) in [5.74, 6) is 0.513. The number of nitrogens with zero attached hydrogens (tertiary/aromatic N) is 1. The van der Waals surface area contributed by atoms with Crippen molar-refractivity contribution in [2.24, 2.45) is 5.92 Å². The minimum atomic E-state index is -3.18. The van der Waals surface area contributed by atoms with E-state index in [2.05, 4.69) is 28.4 Å². The molecule has 1 fully saturated rings. The lowest BCUT2D eigenvalue weighted by Crippen LogP contribution is -2.37. The third-order valence-electron chi connectivity index (χ3n) is 5.63. The van der Waals surface area contributed by atoms with Crippen LogP contribution in [-0.2, 0) is 22.8 Å². The summed E-state index contributed by atoms with van der Waals surface area (Å²) in [6, 6.07) is 15.4. The van der Waals surface area contributed by atoms with Gasteiger partial charge >= 0.3 is 0 Å². The first-order valence-corrected chi connectivity index (χ1v) is 11.1. The van der Waals surface area contributed by atoms with Crippen LogP contribution in [0.3, 0.4) is 0 Å². The van der Waals surface area contributed by atoms with Crippen molar-refractivity contribution in [1.82, 2.24) is 5.32 Å². The van der Waals surface area contributed by atoms with Crippen LogP contribution in [0.4, 0.5) is 5.69 Å². The molecule has 2 aliphatic heterocycles. The zero-order chi connectivity index (χ0) is 18.0. The lowest BCUT2D eigenvalue weighted by molar-refractivity contribution is 0.434. The molecule has 0 aromatic heterocycles. The molecule has 0 radical (unpaired) electrons. The summed E-state index contributed by atoms with van der Waals surface area (Å²) in [6.07, 6.45) is 2.95. The fourth-order valence-corrected chi connectivity index (χ4v) is 5.90. The van der Waals surface area contributed by atoms with E-state index in [0.29, 0.717) is 4.90 Å². The number of piperidine rings is 1. The molecule has 26 heavy (non-hydrogen) atoms. The highest BCUT2D eigenvalue weighted by Gasteiger charge is 2.27. The fraction of sp³-hybridized carbons (Fsp3) is 0.429. The lowest BCUT2D eigenvalue weighted by atomic mass is 9.94. The van der Waals surface area contributed by atoms with Gasteiger partial charge in [0.2, 0.25) is 0 Å². The van der Waals surface area contributed by atoms with Gasteiger partial charge in [0.25, 0.3) is 0 Å². The molecule has 0 saturated carbocycles. The SMILES string of the molecule is O=S(=O)(CC1CCN(c2cccc3c2CCNC3)CC1)c1ccccc1. The summed E-state index contributed by atoms with van der Waals surface area (Å²) < 4.78 is 25.2. The topological polar surface area (TPSA) is 49.4 Å². The van der Waals surface area contributed by atoms with E-state index in [-0.39, 0.29) is 11.7 Å². The average Bonchev–Trinajstić information content (AvgIpc) is 2.69. The maximum Gasteiger partial charge on any atom is 0.178 e. The van der Waals surface area contributed by atoms with E-state index < -0.39 is 9.84 Å². The molecule has 4 rings (SSSR count). The van der Waals surface area contributed by atoms with Crippen molar-refractivity contribution < 1.29 is 8.42 Å². The van der Waals surface area contributed by atoms with Crippen LogP contribution in [-0.4, -0.2) is 33.8 Å². The molecule has 2 aromatic carbocycles. The van der Waals surface area contributed by atoms with Crippen molar-refractivity contribution in [3.05, 3.63) is 59.7 Å². The molecule has 2 heterocycles. The van der Waals surface area contributed by atoms with Crippen molar-refractivity contribution in [2.45, 2.75) is 30.7 Å². The number of hydrogen-bond donors (Lipinski definition) is 1. The molecule has 1 N–H and O–H groups in total. The molecule has 0 aliphatic carbocycles. The molecular weight excluding hydrogens is 344 g/mol. The number of rotatable bonds is 4. The predicted molar refractivity (Wildman–Crippen MR) is 105 cm³/mol. The van der Waals surface area contributed by atoms with Crippen LogP contribution in [0.1, 0.15) is 24.0 Å². The molecule has 1 saturated heterocycles. The van der Waals surface area contributed by atoms with Gasteiger partial charge in [0, 0.05) is 25.3 Å². The summed E-state index contributed by atoms with van der Waals surface area (Å²) in [5, 5.41) is 3.43. The molecule has 2 aliphatic rings. The first-order valence-electron chi connectivity index (χ1n) is 9.48. The molecule has 0 bridgehead atoms. The monoisotopic (exact) mass is 370 g/mol. The molecule has 138 valence electrons. The normalized spacial score (nSPS) is 18.5. The molecule has 0 atom stereocenters. The minimum absolute atomic E-state index is 0.248. The Morgan fingerprint density at radius 2 is 1.77 bits per heavy atom. The van der Waals surface area contributed by atoms with E-state index in [1.165, 1.54) is 16.8 Å². The van der Waals surface area contributed by atoms with Crippen LogP contribution >= 0.6 is 0 Å². The number of nitrogens with one attached hydrogen (secondary N) is 1. The average molecular weight is 371 g/mol. The van der Waals surface area contributed by atoms with E-state index in [0.717, 1.165) is 45.4 Å². The molecule has 4 nitrogen and oxygen atoms in total. The second-order valence-corrected chi connectivity index (χ2v) is 9.40. The van der Waals surface area contributed by atoms with Crippen LogP contribution in [0.2, 0.25) is 0 Å². The van der Waals surface area contributed by atoms with E-state index >= 15 is 0 Å². The van der Waals surface area contributed by atoms with E-state index in [1.807, 2.05) is 6.07 Å². The van der Waals surface area contributed by atoms with Gasteiger partial charge in [-0.05, 0) is 61.1 Å². The summed E-state index contributed by atoms with van der Waals surface area (Å²) in [6.45, 7) is 3.88. The quantitative estimate of drug-likeness (QED) is 0.899. The highest BCUT2D eigenvalue weighted by atomic mass is 32.2. The van der Waals surface area contributed by atoms with Crippen molar-refractivity contribution >= 4 is 15.5 Å². The molecule has 0 spiro atoms. The summed E-state index contributed by atoms with van der Waals surface area (Å²) in [7, 11) is -3.18. The number of fused-ring (bicyclic) bond motifs is 1. The highest BCUT2D eigenvalue weighted by Crippen LogP contribution is 2.31. The number of benzene rings is 2. The van der Waals surface area contributed by atoms with Crippen molar-refractivity contribution in [2.75, 3.05) is 30.3 Å². The van der Waals surface area contributed by atoms with Crippen LogP contribution in [0.5, 0.6) is 0 Å².